The van der Waals surface area contributed by atoms with Crippen molar-refractivity contribution < 1.29 is 109 Å². The van der Waals surface area contributed by atoms with Gasteiger partial charge < -0.3 is 4.55 Å². The SMILES string of the molecule is CC(C)(C)c1cccc([I+]c2ccccc2)c1C(C)(C)C.O=S(=O)([O-])C(F)(F)C(F)(F)C(F)(F)C(F)(F)C(F)(F)C(F)(F)C(F)(F)C(F)(F)F. The van der Waals surface area contributed by atoms with Gasteiger partial charge in [-0.25, -0.2) is 8.42 Å². The van der Waals surface area contributed by atoms with Gasteiger partial charge in [0.1, 0.15) is 0 Å². The minimum absolute atomic E-state index is 0.124. The molecule has 0 saturated carbocycles. The van der Waals surface area contributed by atoms with Gasteiger partial charge in [-0.05, 0) is 34.6 Å². The molecule has 0 aliphatic heterocycles. The normalized spacial score (nSPS) is 15.0. The van der Waals surface area contributed by atoms with Crippen LogP contribution in [0, 0.1) is 7.14 Å². The Morgan fingerprint density at radius 3 is 1.22 bits per heavy atom. The lowest BCUT2D eigenvalue weighted by atomic mass is 9.75. The second-order valence-corrected chi connectivity index (χ2v) is 16.8. The summed E-state index contributed by atoms with van der Waals surface area (Å²) in [5.74, 6) is -52.1. The molecule has 50 heavy (non-hydrogen) atoms. The lowest BCUT2D eigenvalue weighted by Crippen LogP contribution is -3.61. The molecule has 2 rings (SSSR count). The molecule has 0 radical (unpaired) electrons. The predicted molar refractivity (Wildman–Crippen MR) is 138 cm³/mol. The highest BCUT2D eigenvalue weighted by molar-refractivity contribution is 7.86. The summed E-state index contributed by atoms with van der Waals surface area (Å²) in [5.41, 5.74) is 3.45. The van der Waals surface area contributed by atoms with Gasteiger partial charge in [-0.1, -0.05) is 71.9 Å². The third kappa shape index (κ3) is 7.94. The molecule has 0 N–H and O–H groups in total. The molecule has 2 aromatic carbocycles. The molecule has 0 aromatic heterocycles. The molecule has 0 amide bonds. The fraction of sp³-hybridized carbons (Fsp3) is 0.571. The molecule has 288 valence electrons. The largest absolute Gasteiger partial charge is 0.743 e. The van der Waals surface area contributed by atoms with Crippen LogP contribution in [-0.2, 0) is 20.9 Å². The number of alkyl halides is 17. The summed E-state index contributed by atoms with van der Waals surface area (Å²) in [6, 6.07) is 17.8. The van der Waals surface area contributed by atoms with Crippen LogP contribution >= 0.6 is 0 Å². The lowest BCUT2D eigenvalue weighted by molar-refractivity contribution is -0.598. The summed E-state index contributed by atoms with van der Waals surface area (Å²) in [6.45, 7) is 14.0. The molecule has 0 saturated heterocycles. The van der Waals surface area contributed by atoms with Crippen molar-refractivity contribution in [1.29, 1.82) is 0 Å². The van der Waals surface area contributed by atoms with E-state index in [1.54, 1.807) is 9.13 Å². The zero-order chi connectivity index (χ0) is 40.2. The highest BCUT2D eigenvalue weighted by Gasteiger charge is 2.95. The van der Waals surface area contributed by atoms with E-state index < -0.39 is 57.1 Å². The van der Waals surface area contributed by atoms with Crippen molar-refractivity contribution in [2.45, 2.75) is 99.3 Å². The van der Waals surface area contributed by atoms with Gasteiger partial charge in [0.15, 0.2) is 17.3 Å². The fourth-order valence-corrected chi connectivity index (χ4v) is 7.54. The molecule has 2 aromatic rings. The van der Waals surface area contributed by atoms with Crippen LogP contribution in [0.4, 0.5) is 74.6 Å². The van der Waals surface area contributed by atoms with Gasteiger partial charge in [0.25, 0.3) is 0 Å². The molecule has 22 heteroatoms. The van der Waals surface area contributed by atoms with Crippen LogP contribution < -0.4 is 21.2 Å². The Labute approximate surface area is 284 Å². The Bertz CT molecular complexity index is 1590. The van der Waals surface area contributed by atoms with Gasteiger partial charge in [0.2, 0.25) is 0 Å². The van der Waals surface area contributed by atoms with E-state index in [0.29, 0.717) is 0 Å². The zero-order valence-electron chi connectivity index (χ0n) is 26.1. The summed E-state index contributed by atoms with van der Waals surface area (Å²) in [7, 11) is -8.14. The number of halogens is 18. The van der Waals surface area contributed by atoms with E-state index in [4.69, 9.17) is 0 Å². The highest BCUT2D eigenvalue weighted by atomic mass is 127. The zero-order valence-corrected chi connectivity index (χ0v) is 29.0. The summed E-state index contributed by atoms with van der Waals surface area (Å²) >= 11 is -0.124. The minimum Gasteiger partial charge on any atom is -0.743 e. The second-order valence-electron chi connectivity index (χ2n) is 12.5. The predicted octanol–water partition coefficient (Wildman–Crippen LogP) is 6.91. The summed E-state index contributed by atoms with van der Waals surface area (Å²) in [5, 5.41) is -7.95. The molecule has 0 unspecified atom stereocenters. The van der Waals surface area contributed by atoms with Gasteiger partial charge in [-0.2, -0.15) is 74.6 Å². The maximum absolute atomic E-state index is 13.0. The lowest BCUT2D eigenvalue weighted by Gasteiger charge is -2.42. The second kappa shape index (κ2) is 13.7. The molecular weight excluding hydrogens is 866 g/mol. The van der Waals surface area contributed by atoms with E-state index in [-0.39, 0.29) is 32.0 Å². The molecule has 0 spiro atoms. The van der Waals surface area contributed by atoms with Gasteiger partial charge in [-0.3, -0.25) is 0 Å². The van der Waals surface area contributed by atoms with Crippen LogP contribution in [0.1, 0.15) is 52.7 Å². The highest BCUT2D eigenvalue weighted by Crippen LogP contribution is 2.64. The average molecular weight is 892 g/mol. The van der Waals surface area contributed by atoms with Crippen LogP contribution in [0.5, 0.6) is 0 Å². The standard InChI is InChI=1S/C20H26I.C8HF17O3S/c1-19(2,3)16-13-10-14-17(18(16)20(4,5)6)21-15-11-8-7-9-12-15;9-1(10,3(13,14)5(17,18)7(21,22)23)2(11,12)4(15,16)6(19,20)8(24,25)29(26,27)28/h7-14H,1-6H3;(H,26,27,28)/q+1;/p-1. The minimum atomic E-state index is -8.92. The fourth-order valence-electron chi connectivity index (χ4n) is 3.89. The van der Waals surface area contributed by atoms with Crippen molar-refractivity contribution in [2.24, 2.45) is 0 Å². The molecule has 0 aliphatic carbocycles. The first kappa shape index (κ1) is 45.9. The first-order chi connectivity index (χ1) is 21.7. The Morgan fingerprint density at radius 2 is 0.880 bits per heavy atom. The molecule has 3 nitrogen and oxygen atoms in total. The molecule has 0 heterocycles. The Morgan fingerprint density at radius 1 is 0.500 bits per heavy atom. The topological polar surface area (TPSA) is 57.2 Å². The third-order valence-corrected chi connectivity index (χ3v) is 10.2. The van der Waals surface area contributed by atoms with Crippen molar-refractivity contribution in [3.8, 4) is 0 Å². The summed E-state index contributed by atoms with van der Waals surface area (Å²) in [6.07, 6.45) is -7.89. The van der Waals surface area contributed by atoms with Crippen LogP contribution in [0.2, 0.25) is 0 Å². The van der Waals surface area contributed by atoms with Crippen molar-refractivity contribution in [1.82, 2.24) is 0 Å². The number of rotatable bonds is 9. The Kier molecular flexibility index (Phi) is 12.6. The molecule has 0 atom stereocenters. The number of hydrogen-bond donors (Lipinski definition) is 0. The van der Waals surface area contributed by atoms with E-state index in [0.717, 1.165) is 0 Å². The van der Waals surface area contributed by atoms with Gasteiger partial charge in [-0.15, -0.1) is 0 Å². The first-order valence-electron chi connectivity index (χ1n) is 13.2. The number of benzene rings is 2. The summed E-state index contributed by atoms with van der Waals surface area (Å²) < 4.78 is 247. The van der Waals surface area contributed by atoms with E-state index >= 15 is 0 Å². The molecule has 0 aliphatic rings. The quantitative estimate of drug-likeness (QED) is 0.157. The van der Waals surface area contributed by atoms with Gasteiger partial charge >= 0.3 is 68.2 Å². The van der Waals surface area contributed by atoms with Crippen molar-refractivity contribution in [3.63, 3.8) is 0 Å². The monoisotopic (exact) mass is 892 g/mol. The van der Waals surface area contributed by atoms with E-state index in [1.165, 1.54) is 9.13 Å². The summed E-state index contributed by atoms with van der Waals surface area (Å²) in [4.78, 5) is 0. The van der Waals surface area contributed by atoms with Crippen LogP contribution in [0.3, 0.4) is 0 Å². The van der Waals surface area contributed by atoms with Crippen molar-refractivity contribution in [2.75, 3.05) is 0 Å². The Hall–Kier alpha value is -2.11. The van der Waals surface area contributed by atoms with Gasteiger partial charge in [0, 0.05) is 5.56 Å². The van der Waals surface area contributed by atoms with E-state index in [1.807, 2.05) is 0 Å². The van der Waals surface area contributed by atoms with Crippen LogP contribution in [0.25, 0.3) is 0 Å². The smallest absolute Gasteiger partial charge is 0.460 e. The van der Waals surface area contributed by atoms with Crippen LogP contribution in [0.15, 0.2) is 48.5 Å². The Balaban J connectivity index is 0.000000523. The average Bonchev–Trinajstić information content (AvgIpc) is 2.91. The maximum atomic E-state index is 13.0. The van der Waals surface area contributed by atoms with E-state index in [2.05, 4.69) is 90.1 Å². The molecule has 0 bridgehead atoms. The van der Waals surface area contributed by atoms with Crippen molar-refractivity contribution >= 4 is 10.1 Å². The van der Waals surface area contributed by atoms with Gasteiger partial charge in [0.05, 0.1) is 0 Å². The molecular formula is C28H26F17IO3S. The van der Waals surface area contributed by atoms with Crippen LogP contribution in [-0.4, -0.2) is 59.9 Å². The first-order valence-corrected chi connectivity index (χ1v) is 16.8. The third-order valence-electron chi connectivity index (χ3n) is 6.52. The molecule has 0 fully saturated rings. The number of hydrogen-bond acceptors (Lipinski definition) is 3. The van der Waals surface area contributed by atoms with Crippen molar-refractivity contribution in [3.05, 3.63) is 66.8 Å². The van der Waals surface area contributed by atoms with E-state index in [9.17, 15) is 87.6 Å². The maximum Gasteiger partial charge on any atom is 0.460 e.